The highest BCUT2D eigenvalue weighted by Gasteiger charge is 2.07. The van der Waals surface area contributed by atoms with Crippen molar-refractivity contribution in [2.75, 3.05) is 5.75 Å². The summed E-state index contributed by atoms with van der Waals surface area (Å²) in [7, 11) is 0. The maximum absolute atomic E-state index is 11.7. The van der Waals surface area contributed by atoms with E-state index in [2.05, 4.69) is 22.6 Å². The molecule has 0 radical (unpaired) electrons. The van der Waals surface area contributed by atoms with Crippen molar-refractivity contribution in [3.8, 4) is 5.75 Å². The van der Waals surface area contributed by atoms with Gasteiger partial charge in [-0.2, -0.15) is 0 Å². The van der Waals surface area contributed by atoms with E-state index >= 15 is 0 Å². The normalized spacial score (nSPS) is 10.2. The van der Waals surface area contributed by atoms with Gasteiger partial charge in [-0.25, -0.2) is 0 Å². The van der Waals surface area contributed by atoms with Gasteiger partial charge in [0.2, 0.25) is 0 Å². The molecule has 0 aliphatic rings. The Morgan fingerprint density at radius 1 is 1.14 bits per heavy atom. The van der Waals surface area contributed by atoms with Gasteiger partial charge in [-0.3, -0.25) is 14.9 Å². The van der Waals surface area contributed by atoms with E-state index in [1.54, 1.807) is 24.3 Å². The summed E-state index contributed by atoms with van der Waals surface area (Å²) in [6, 6.07) is 13.5. The predicted molar refractivity (Wildman–Crippen MR) is 93.2 cm³/mol. The van der Waals surface area contributed by atoms with Crippen molar-refractivity contribution >= 4 is 46.0 Å². The molecule has 2 aromatic rings. The number of nitrogens with zero attached hydrogens (tertiary/aromatic N) is 1. The number of hydrogen-bond acceptors (Lipinski definition) is 5. The van der Waals surface area contributed by atoms with Crippen LogP contribution in [0.15, 0.2) is 53.4 Å². The molecule has 114 valence electrons. The van der Waals surface area contributed by atoms with E-state index < -0.39 is 4.92 Å². The minimum absolute atomic E-state index is 0.0578. The molecule has 0 saturated carbocycles. The summed E-state index contributed by atoms with van der Waals surface area (Å²) in [5.41, 5.74) is 0.0578. The molecule has 0 fully saturated rings. The molecule has 0 unspecified atom stereocenters. The zero-order chi connectivity index (χ0) is 15.9. The van der Waals surface area contributed by atoms with Gasteiger partial charge in [0.05, 0.1) is 11.3 Å². The molecule has 0 N–H and O–H groups in total. The molecule has 5 nitrogen and oxygen atoms in total. The summed E-state index contributed by atoms with van der Waals surface area (Å²) >= 11 is 3.64. The summed E-state index contributed by atoms with van der Waals surface area (Å²) in [5, 5.41) is 10.5. The van der Waals surface area contributed by atoms with E-state index in [1.807, 2.05) is 12.1 Å². The highest BCUT2D eigenvalue weighted by atomic mass is 127. The van der Waals surface area contributed by atoms with Gasteiger partial charge in [-0.1, -0.05) is 0 Å². The first kappa shape index (κ1) is 16.8. The number of nitro groups is 1. The first-order chi connectivity index (χ1) is 10.5. The number of benzene rings is 2. The lowest BCUT2D eigenvalue weighted by Crippen LogP contribution is -2.08. The number of carbonyl (C=O) groups is 1. The van der Waals surface area contributed by atoms with Gasteiger partial charge in [0, 0.05) is 26.4 Å². The lowest BCUT2D eigenvalue weighted by molar-refractivity contribution is -0.384. The van der Waals surface area contributed by atoms with Gasteiger partial charge in [-0.05, 0) is 59.0 Å². The summed E-state index contributed by atoms with van der Waals surface area (Å²) in [4.78, 5) is 22.7. The molecule has 0 heterocycles. The van der Waals surface area contributed by atoms with Crippen LogP contribution in [0.25, 0.3) is 0 Å². The average Bonchev–Trinajstić information content (AvgIpc) is 2.50. The third-order valence-corrected chi connectivity index (χ3v) is 4.40. The fourth-order valence-corrected chi connectivity index (χ4v) is 2.79. The Bertz CT molecular complexity index is 658. The molecule has 7 heteroatoms. The zero-order valence-corrected chi connectivity index (χ0v) is 14.4. The van der Waals surface area contributed by atoms with Crippen LogP contribution in [-0.4, -0.2) is 16.6 Å². The Morgan fingerprint density at radius 3 is 2.36 bits per heavy atom. The quantitative estimate of drug-likeness (QED) is 0.171. The van der Waals surface area contributed by atoms with E-state index in [9.17, 15) is 14.9 Å². The van der Waals surface area contributed by atoms with Gasteiger partial charge in [-0.15, -0.1) is 11.8 Å². The Kier molecular flexibility index (Phi) is 6.20. The molecule has 0 atom stereocenters. The molecule has 0 aliphatic carbocycles. The van der Waals surface area contributed by atoms with Crippen LogP contribution in [0.1, 0.15) is 6.42 Å². The van der Waals surface area contributed by atoms with E-state index in [1.165, 1.54) is 23.9 Å². The van der Waals surface area contributed by atoms with Crippen LogP contribution in [0.2, 0.25) is 0 Å². The van der Waals surface area contributed by atoms with Crippen LogP contribution < -0.4 is 4.74 Å². The number of nitro benzene ring substituents is 1. The van der Waals surface area contributed by atoms with E-state index in [4.69, 9.17) is 4.74 Å². The topological polar surface area (TPSA) is 69.4 Å². The largest absolute Gasteiger partial charge is 0.427 e. The van der Waals surface area contributed by atoms with Crippen molar-refractivity contribution in [2.24, 2.45) is 0 Å². The number of rotatable bonds is 6. The molecule has 2 aromatic carbocycles. The Hall–Kier alpha value is -1.61. The summed E-state index contributed by atoms with van der Waals surface area (Å²) < 4.78 is 6.29. The van der Waals surface area contributed by atoms with Crippen LogP contribution in [0.3, 0.4) is 0 Å². The molecule has 0 bridgehead atoms. The Morgan fingerprint density at radius 2 is 1.77 bits per heavy atom. The molecule has 2 rings (SSSR count). The first-order valence-corrected chi connectivity index (χ1v) is 8.44. The Labute approximate surface area is 145 Å². The fraction of sp³-hybridized carbons (Fsp3) is 0.133. The predicted octanol–water partition coefficient (Wildman–Crippen LogP) is 4.29. The van der Waals surface area contributed by atoms with E-state index in [-0.39, 0.29) is 18.1 Å². The maximum Gasteiger partial charge on any atom is 0.312 e. The molecular formula is C15H12INO4S. The van der Waals surface area contributed by atoms with Crippen LogP contribution in [-0.2, 0) is 4.79 Å². The first-order valence-electron chi connectivity index (χ1n) is 6.38. The van der Waals surface area contributed by atoms with Crippen molar-refractivity contribution in [3.05, 3.63) is 62.2 Å². The molecule has 0 aliphatic heterocycles. The Balaban J connectivity index is 1.77. The van der Waals surface area contributed by atoms with Crippen molar-refractivity contribution in [1.82, 2.24) is 0 Å². The summed E-state index contributed by atoms with van der Waals surface area (Å²) in [5.74, 6) is 0.794. The number of carbonyl (C=O) groups excluding carboxylic acids is 1. The number of ether oxygens (including phenoxy) is 1. The maximum atomic E-state index is 11.7. The van der Waals surface area contributed by atoms with Crippen LogP contribution in [0.4, 0.5) is 5.69 Å². The van der Waals surface area contributed by atoms with Crippen LogP contribution in [0.5, 0.6) is 5.75 Å². The average molecular weight is 429 g/mol. The molecule has 0 saturated heterocycles. The third-order valence-electron chi connectivity index (χ3n) is 2.67. The second-order valence-corrected chi connectivity index (χ2v) is 6.69. The third kappa shape index (κ3) is 5.30. The molecule has 22 heavy (non-hydrogen) atoms. The second-order valence-electron chi connectivity index (χ2n) is 4.28. The second kappa shape index (κ2) is 8.14. The van der Waals surface area contributed by atoms with Crippen molar-refractivity contribution in [2.45, 2.75) is 11.3 Å². The number of hydrogen-bond donors (Lipinski definition) is 0. The SMILES string of the molecule is O=C(CCSc1ccc([N+](=O)[O-])cc1)Oc1ccc(I)cc1. The smallest absolute Gasteiger partial charge is 0.312 e. The van der Waals surface area contributed by atoms with Gasteiger partial charge in [0.15, 0.2) is 0 Å². The minimum atomic E-state index is -0.438. The monoisotopic (exact) mass is 429 g/mol. The highest BCUT2D eigenvalue weighted by Crippen LogP contribution is 2.22. The lowest BCUT2D eigenvalue weighted by atomic mass is 10.3. The van der Waals surface area contributed by atoms with E-state index in [0.717, 1.165) is 8.47 Å². The highest BCUT2D eigenvalue weighted by molar-refractivity contribution is 14.1. The van der Waals surface area contributed by atoms with Crippen molar-refractivity contribution in [3.63, 3.8) is 0 Å². The number of esters is 1. The standard InChI is InChI=1S/C15H12INO4S/c16-11-1-5-13(6-2-11)21-15(18)9-10-22-14-7-3-12(4-8-14)17(19)20/h1-8H,9-10H2. The number of halogens is 1. The van der Waals surface area contributed by atoms with Gasteiger partial charge >= 0.3 is 5.97 Å². The van der Waals surface area contributed by atoms with Crippen LogP contribution in [0, 0.1) is 13.7 Å². The van der Waals surface area contributed by atoms with Crippen molar-refractivity contribution < 1.29 is 14.5 Å². The number of non-ortho nitro benzene ring substituents is 1. The molecule has 0 aromatic heterocycles. The van der Waals surface area contributed by atoms with Crippen molar-refractivity contribution in [1.29, 1.82) is 0 Å². The van der Waals surface area contributed by atoms with Gasteiger partial charge in [0.25, 0.3) is 5.69 Å². The lowest BCUT2D eigenvalue weighted by Gasteiger charge is -2.04. The molecular weight excluding hydrogens is 417 g/mol. The van der Waals surface area contributed by atoms with Gasteiger partial charge in [0.1, 0.15) is 5.75 Å². The minimum Gasteiger partial charge on any atom is -0.427 e. The number of thioether (sulfide) groups is 1. The van der Waals surface area contributed by atoms with Crippen LogP contribution >= 0.6 is 34.4 Å². The van der Waals surface area contributed by atoms with E-state index in [0.29, 0.717) is 11.5 Å². The summed E-state index contributed by atoms with van der Waals surface area (Å²) in [6.45, 7) is 0. The summed E-state index contributed by atoms with van der Waals surface area (Å²) in [6.07, 6.45) is 0.271. The molecule has 0 spiro atoms. The fourth-order valence-electron chi connectivity index (χ4n) is 1.60. The zero-order valence-electron chi connectivity index (χ0n) is 11.4. The molecule has 0 amide bonds. The van der Waals surface area contributed by atoms with Gasteiger partial charge < -0.3 is 4.74 Å².